The molecule has 0 aromatic carbocycles. The minimum absolute atomic E-state index is 0.0249. The fourth-order valence-corrected chi connectivity index (χ4v) is 3.45. The van der Waals surface area contributed by atoms with Crippen LogP contribution in [0.4, 0.5) is 4.79 Å². The third kappa shape index (κ3) is 14.4. The van der Waals surface area contributed by atoms with E-state index in [0.29, 0.717) is 13.2 Å². The van der Waals surface area contributed by atoms with E-state index in [-0.39, 0.29) is 11.9 Å². The Hall–Kier alpha value is -1.26. The Morgan fingerprint density at radius 1 is 0.690 bits per heavy atom. The highest BCUT2D eigenvalue weighted by Crippen LogP contribution is 2.14. The molecule has 0 aliphatic carbocycles. The first-order chi connectivity index (χ1) is 14.0. The molecule has 1 unspecified atom stereocenters. The molecule has 29 heavy (non-hydrogen) atoms. The second-order valence-corrected chi connectivity index (χ2v) is 8.47. The normalized spacial score (nSPS) is 12.1. The van der Waals surface area contributed by atoms with Gasteiger partial charge < -0.3 is 9.47 Å². The minimum atomic E-state index is -0.600. The summed E-state index contributed by atoms with van der Waals surface area (Å²) >= 11 is 0. The zero-order valence-corrected chi connectivity index (χ0v) is 19.8. The number of carbonyl (C=O) groups is 2. The van der Waals surface area contributed by atoms with E-state index in [1.165, 1.54) is 62.7 Å². The molecule has 0 saturated heterocycles. The van der Waals surface area contributed by atoms with Gasteiger partial charge in [0.05, 0.1) is 13.2 Å². The highest BCUT2D eigenvalue weighted by Gasteiger charge is 2.32. The molecule has 172 valence electrons. The highest BCUT2D eigenvalue weighted by molar-refractivity contribution is 5.81. The molecule has 0 aromatic rings. The maximum absolute atomic E-state index is 12.5. The quantitative estimate of drug-likeness (QED) is 0.184. The number of hydrogen-bond donors (Lipinski definition) is 0. The Morgan fingerprint density at radius 2 is 1.10 bits per heavy atom. The van der Waals surface area contributed by atoms with Gasteiger partial charge >= 0.3 is 12.1 Å². The summed E-state index contributed by atoms with van der Waals surface area (Å²) in [6.45, 7) is 9.10. The van der Waals surface area contributed by atoms with E-state index in [2.05, 4.69) is 13.8 Å². The number of esters is 1. The largest absolute Gasteiger partial charge is 0.464 e. The van der Waals surface area contributed by atoms with Crippen LogP contribution >= 0.6 is 0 Å². The predicted molar refractivity (Wildman–Crippen MR) is 120 cm³/mol. The lowest BCUT2D eigenvalue weighted by molar-refractivity contribution is -0.150. The van der Waals surface area contributed by atoms with Crippen LogP contribution < -0.4 is 0 Å². The molecule has 0 fully saturated rings. The number of carbonyl (C=O) groups excluding carboxylic acids is 2. The summed E-state index contributed by atoms with van der Waals surface area (Å²) in [4.78, 5) is 26.2. The second-order valence-electron chi connectivity index (χ2n) is 8.47. The summed E-state index contributed by atoms with van der Waals surface area (Å²) in [6, 6.07) is -0.600. The zero-order valence-electron chi connectivity index (χ0n) is 19.8. The second kappa shape index (κ2) is 18.7. The fraction of sp³-hybridized carbons (Fsp3) is 0.917. The maximum atomic E-state index is 12.5. The van der Waals surface area contributed by atoms with Crippen LogP contribution in [0.2, 0.25) is 0 Å². The van der Waals surface area contributed by atoms with Gasteiger partial charge in [-0.15, -0.1) is 0 Å². The number of unbranched alkanes of at least 4 members (excludes halogenated alkanes) is 11. The molecule has 5 nitrogen and oxygen atoms in total. The molecule has 1 atom stereocenters. The van der Waals surface area contributed by atoms with Crippen molar-refractivity contribution in [3.63, 3.8) is 0 Å². The number of amides is 1. The maximum Gasteiger partial charge on any atom is 0.410 e. The summed E-state index contributed by atoms with van der Waals surface area (Å²) in [5.74, 6) is -0.354. The summed E-state index contributed by atoms with van der Waals surface area (Å²) in [5.41, 5.74) is 0. The van der Waals surface area contributed by atoms with E-state index in [0.717, 1.165) is 25.7 Å². The molecule has 1 amide bonds. The number of hydrogen-bond acceptors (Lipinski definition) is 4. The van der Waals surface area contributed by atoms with Crippen LogP contribution in [0.3, 0.4) is 0 Å². The molecule has 0 rings (SSSR count). The van der Waals surface area contributed by atoms with Crippen molar-refractivity contribution < 1.29 is 19.1 Å². The standard InChI is InChI=1S/C24H47NO4/c1-6-8-10-12-14-16-17-19-28-23(26)22(21(3)4)25(5)24(27)29-20-18-15-13-11-9-7-2/h21-22H,6-20H2,1-5H3. The van der Waals surface area contributed by atoms with Gasteiger partial charge in [0.15, 0.2) is 0 Å². The molecule has 0 saturated carbocycles. The number of ether oxygens (including phenoxy) is 2. The molecule has 0 aliphatic heterocycles. The smallest absolute Gasteiger partial charge is 0.410 e. The van der Waals surface area contributed by atoms with Gasteiger partial charge in [0, 0.05) is 7.05 Å². The Kier molecular flexibility index (Phi) is 17.9. The lowest BCUT2D eigenvalue weighted by Gasteiger charge is -2.28. The van der Waals surface area contributed by atoms with Crippen molar-refractivity contribution in [3.8, 4) is 0 Å². The van der Waals surface area contributed by atoms with Crippen molar-refractivity contribution in [2.75, 3.05) is 20.3 Å². The van der Waals surface area contributed by atoms with E-state index in [1.807, 2.05) is 13.8 Å². The van der Waals surface area contributed by atoms with Crippen LogP contribution in [-0.4, -0.2) is 43.3 Å². The van der Waals surface area contributed by atoms with Crippen molar-refractivity contribution in [3.05, 3.63) is 0 Å². The molecule has 0 N–H and O–H groups in total. The number of rotatable bonds is 18. The predicted octanol–water partition coefficient (Wildman–Crippen LogP) is 6.73. The molecular formula is C24H47NO4. The van der Waals surface area contributed by atoms with Crippen molar-refractivity contribution in [2.45, 2.75) is 117 Å². The van der Waals surface area contributed by atoms with Crippen LogP contribution in [-0.2, 0) is 14.3 Å². The average Bonchev–Trinajstić information content (AvgIpc) is 2.68. The Morgan fingerprint density at radius 3 is 1.55 bits per heavy atom. The number of nitrogens with zero attached hydrogens (tertiary/aromatic N) is 1. The Bertz CT molecular complexity index is 412. The van der Waals surface area contributed by atoms with Gasteiger partial charge in [0.1, 0.15) is 6.04 Å². The fourth-order valence-electron chi connectivity index (χ4n) is 3.45. The van der Waals surface area contributed by atoms with E-state index in [9.17, 15) is 9.59 Å². The molecule has 5 heteroatoms. The van der Waals surface area contributed by atoms with Gasteiger partial charge in [0.2, 0.25) is 0 Å². The first-order valence-corrected chi connectivity index (χ1v) is 12.0. The molecule has 0 heterocycles. The van der Waals surface area contributed by atoms with E-state index in [1.54, 1.807) is 7.05 Å². The van der Waals surface area contributed by atoms with Crippen LogP contribution in [0.5, 0.6) is 0 Å². The summed E-state index contributed by atoms with van der Waals surface area (Å²) in [5, 5.41) is 0. The SMILES string of the molecule is CCCCCCCCCOC(=O)C(C(C)C)N(C)C(=O)OCCCCCCCC. The van der Waals surface area contributed by atoms with Crippen LogP contribution in [0.15, 0.2) is 0 Å². The van der Waals surface area contributed by atoms with Gasteiger partial charge in [0.25, 0.3) is 0 Å². The van der Waals surface area contributed by atoms with Gasteiger partial charge in [-0.25, -0.2) is 9.59 Å². The topological polar surface area (TPSA) is 55.8 Å². The van der Waals surface area contributed by atoms with E-state index < -0.39 is 12.1 Å². The number of likely N-dealkylation sites (N-methyl/N-ethyl adjacent to an activating group) is 1. The van der Waals surface area contributed by atoms with Gasteiger partial charge in [-0.2, -0.15) is 0 Å². The van der Waals surface area contributed by atoms with E-state index in [4.69, 9.17) is 9.47 Å². The third-order valence-corrected chi connectivity index (χ3v) is 5.29. The van der Waals surface area contributed by atoms with Crippen LogP contribution in [0, 0.1) is 5.92 Å². The first kappa shape index (κ1) is 27.7. The van der Waals surface area contributed by atoms with Crippen molar-refractivity contribution in [1.82, 2.24) is 4.90 Å². The lowest BCUT2D eigenvalue weighted by atomic mass is 10.0. The monoisotopic (exact) mass is 413 g/mol. The summed E-state index contributed by atoms with van der Waals surface area (Å²) in [7, 11) is 1.63. The molecule has 0 aromatic heterocycles. The van der Waals surface area contributed by atoms with Crippen molar-refractivity contribution in [2.24, 2.45) is 5.92 Å². The first-order valence-electron chi connectivity index (χ1n) is 12.0. The summed E-state index contributed by atoms with van der Waals surface area (Å²) in [6.07, 6.45) is 14.7. The van der Waals surface area contributed by atoms with Crippen LogP contribution in [0.1, 0.15) is 111 Å². The van der Waals surface area contributed by atoms with Gasteiger partial charge in [-0.1, -0.05) is 98.3 Å². The molecular weight excluding hydrogens is 366 g/mol. The Labute approximate surface area is 179 Å². The molecule has 0 spiro atoms. The van der Waals surface area contributed by atoms with Gasteiger partial charge in [-0.05, 0) is 18.8 Å². The van der Waals surface area contributed by atoms with Crippen LogP contribution in [0.25, 0.3) is 0 Å². The van der Waals surface area contributed by atoms with Crippen molar-refractivity contribution in [1.29, 1.82) is 0 Å². The minimum Gasteiger partial charge on any atom is -0.464 e. The third-order valence-electron chi connectivity index (χ3n) is 5.29. The molecule has 0 bridgehead atoms. The molecule has 0 aliphatic rings. The lowest BCUT2D eigenvalue weighted by Crippen LogP contribution is -2.46. The Balaban J connectivity index is 4.11. The molecule has 0 radical (unpaired) electrons. The van der Waals surface area contributed by atoms with Crippen molar-refractivity contribution >= 4 is 12.1 Å². The van der Waals surface area contributed by atoms with E-state index >= 15 is 0 Å². The highest BCUT2D eigenvalue weighted by atomic mass is 16.6. The summed E-state index contributed by atoms with van der Waals surface area (Å²) < 4.78 is 10.8. The zero-order chi connectivity index (χ0) is 21.9. The average molecular weight is 414 g/mol. The van der Waals surface area contributed by atoms with Gasteiger partial charge in [-0.3, -0.25) is 4.90 Å².